The van der Waals surface area contributed by atoms with Crippen LogP contribution in [0.4, 0.5) is 23.1 Å². The third-order valence-corrected chi connectivity index (χ3v) is 7.67. The molecule has 1 amide bonds. The fourth-order valence-electron chi connectivity index (χ4n) is 4.95. The summed E-state index contributed by atoms with van der Waals surface area (Å²) in [5.74, 6) is 0.980. The smallest absolute Gasteiger partial charge is 0.277 e. The van der Waals surface area contributed by atoms with Gasteiger partial charge in [-0.2, -0.15) is 0 Å². The first-order chi connectivity index (χ1) is 22.1. The molecule has 4 rings (SSSR count). The van der Waals surface area contributed by atoms with Gasteiger partial charge in [-0.1, -0.05) is 23.3 Å². The van der Waals surface area contributed by atoms with Crippen molar-refractivity contribution >= 4 is 29.0 Å². The van der Waals surface area contributed by atoms with Crippen molar-refractivity contribution in [2.75, 3.05) is 80.5 Å². The Morgan fingerprint density at radius 1 is 1.04 bits per heavy atom. The second kappa shape index (κ2) is 16.1. The van der Waals surface area contributed by atoms with Crippen LogP contribution in [0.1, 0.15) is 49.8 Å². The van der Waals surface area contributed by atoms with Crippen molar-refractivity contribution in [3.63, 3.8) is 0 Å². The average molecular weight is 631 g/mol. The predicted octanol–water partition coefficient (Wildman–Crippen LogP) is 3.61. The lowest BCUT2D eigenvalue weighted by Gasteiger charge is -2.31. The first-order valence-corrected chi connectivity index (χ1v) is 15.4. The van der Waals surface area contributed by atoms with E-state index in [9.17, 15) is 4.79 Å². The Kier molecular flexibility index (Phi) is 12.0. The molecule has 1 aliphatic heterocycles. The largest absolute Gasteiger partial charge is 0.394 e. The molecule has 0 unspecified atom stereocenters. The number of allylic oxidation sites excluding steroid dienone is 2. The SMILES string of the molecule is CN[C@H](CN(C)c1ncc(C(=O)NO)cn1)c1nc(-c2ccc(N(CC=C(C)C)CC=C(C)C)cc2)nc(N2CCOCC2)c1N. The molecule has 0 bridgehead atoms. The number of morpholine rings is 1. The third-order valence-electron chi connectivity index (χ3n) is 7.67. The molecule has 46 heavy (non-hydrogen) atoms. The average Bonchev–Trinajstić information content (AvgIpc) is 3.07. The lowest BCUT2D eigenvalue weighted by atomic mass is 10.1. The number of amides is 1. The first-order valence-electron chi connectivity index (χ1n) is 15.4. The van der Waals surface area contributed by atoms with Crippen molar-refractivity contribution in [1.82, 2.24) is 30.7 Å². The fourth-order valence-corrected chi connectivity index (χ4v) is 4.95. The van der Waals surface area contributed by atoms with Gasteiger partial charge in [-0.25, -0.2) is 25.4 Å². The molecule has 1 aliphatic rings. The van der Waals surface area contributed by atoms with Crippen LogP contribution in [0, 0.1) is 0 Å². The summed E-state index contributed by atoms with van der Waals surface area (Å²) in [6, 6.07) is 8.04. The lowest BCUT2D eigenvalue weighted by molar-refractivity contribution is 0.0705. The molecule has 246 valence electrons. The van der Waals surface area contributed by atoms with Crippen LogP contribution in [0.2, 0.25) is 0 Å². The molecule has 1 atom stereocenters. The minimum Gasteiger partial charge on any atom is -0.394 e. The molecule has 1 fully saturated rings. The minimum atomic E-state index is -0.680. The number of anilines is 4. The van der Waals surface area contributed by atoms with E-state index in [0.717, 1.165) is 24.3 Å². The number of carbonyl (C=O) groups excluding carboxylic acids is 1. The van der Waals surface area contributed by atoms with Gasteiger partial charge in [0.25, 0.3) is 5.91 Å². The molecule has 0 radical (unpaired) electrons. The zero-order valence-corrected chi connectivity index (χ0v) is 27.6. The lowest BCUT2D eigenvalue weighted by Crippen LogP contribution is -2.38. The number of likely N-dealkylation sites (N-methyl/N-ethyl adjacent to an activating group) is 2. The number of nitrogens with one attached hydrogen (secondary N) is 2. The van der Waals surface area contributed by atoms with Crippen LogP contribution < -0.4 is 31.2 Å². The number of nitrogens with zero attached hydrogens (tertiary/aromatic N) is 7. The summed E-state index contributed by atoms with van der Waals surface area (Å²) in [7, 11) is 3.70. The maximum absolute atomic E-state index is 11.7. The van der Waals surface area contributed by atoms with E-state index < -0.39 is 5.91 Å². The summed E-state index contributed by atoms with van der Waals surface area (Å²) >= 11 is 0. The van der Waals surface area contributed by atoms with E-state index in [1.54, 1.807) is 5.48 Å². The number of ether oxygens (including phenoxy) is 1. The van der Waals surface area contributed by atoms with E-state index in [2.05, 4.69) is 89.2 Å². The zero-order chi connectivity index (χ0) is 33.2. The molecular weight excluding hydrogens is 584 g/mol. The van der Waals surface area contributed by atoms with E-state index in [1.165, 1.54) is 23.5 Å². The number of aromatic nitrogens is 4. The van der Waals surface area contributed by atoms with Crippen LogP contribution in [0.15, 0.2) is 60.0 Å². The summed E-state index contributed by atoms with van der Waals surface area (Å²) in [6.07, 6.45) is 7.18. The van der Waals surface area contributed by atoms with Crippen molar-refractivity contribution < 1.29 is 14.7 Å². The summed E-state index contributed by atoms with van der Waals surface area (Å²) < 4.78 is 5.60. The topological polar surface area (TPSA) is 158 Å². The molecule has 1 aromatic carbocycles. The number of carbonyl (C=O) groups is 1. The number of hydrogen-bond acceptors (Lipinski definition) is 12. The van der Waals surface area contributed by atoms with Gasteiger partial charge < -0.3 is 30.5 Å². The van der Waals surface area contributed by atoms with Crippen molar-refractivity contribution in [1.29, 1.82) is 0 Å². The summed E-state index contributed by atoms with van der Waals surface area (Å²) in [5.41, 5.74) is 14.3. The van der Waals surface area contributed by atoms with Crippen molar-refractivity contribution in [3.8, 4) is 11.4 Å². The van der Waals surface area contributed by atoms with E-state index in [4.69, 9.17) is 25.6 Å². The summed E-state index contributed by atoms with van der Waals surface area (Å²) in [5, 5.41) is 12.2. The predicted molar refractivity (Wildman–Crippen MR) is 182 cm³/mol. The highest BCUT2D eigenvalue weighted by Crippen LogP contribution is 2.32. The van der Waals surface area contributed by atoms with Gasteiger partial charge in [0.05, 0.1) is 36.2 Å². The van der Waals surface area contributed by atoms with Crippen molar-refractivity contribution in [2.24, 2.45) is 0 Å². The Bertz CT molecular complexity index is 1490. The number of hydroxylamine groups is 1. The third kappa shape index (κ3) is 8.77. The number of hydrogen-bond donors (Lipinski definition) is 4. The van der Waals surface area contributed by atoms with Crippen LogP contribution in [0.25, 0.3) is 11.4 Å². The highest BCUT2D eigenvalue weighted by atomic mass is 16.5. The standard InChI is InChI=1S/C33H46N10O3/c1-22(2)11-13-42(14-12-23(3)4)26-9-7-24(8-10-26)30-38-29(28(34)31(39-30)43-15-17-46-18-16-43)27(35-5)21-41(6)33-36-19-25(20-37-33)32(44)40-45/h7-12,19-20,27,35,45H,13-18,21,34H2,1-6H3,(H,40,44)/t27-/m1/s1. The maximum atomic E-state index is 11.7. The quantitative estimate of drug-likeness (QED) is 0.124. The highest BCUT2D eigenvalue weighted by Gasteiger charge is 2.26. The Balaban J connectivity index is 1.68. The number of nitrogens with two attached hydrogens (primary N) is 1. The Morgan fingerprint density at radius 3 is 2.20 bits per heavy atom. The molecule has 0 aliphatic carbocycles. The van der Waals surface area contributed by atoms with E-state index in [1.807, 2.05) is 19.0 Å². The second-order valence-corrected chi connectivity index (χ2v) is 11.7. The second-order valence-electron chi connectivity index (χ2n) is 11.7. The molecule has 3 heterocycles. The number of rotatable bonds is 13. The van der Waals surface area contributed by atoms with Gasteiger partial charge in [-0.3, -0.25) is 10.0 Å². The highest BCUT2D eigenvalue weighted by molar-refractivity contribution is 5.92. The first kappa shape index (κ1) is 34.3. The molecule has 2 aromatic heterocycles. The van der Waals surface area contributed by atoms with Crippen LogP contribution >= 0.6 is 0 Å². The fraction of sp³-hybridized carbons (Fsp3) is 0.424. The molecule has 0 saturated carbocycles. The van der Waals surface area contributed by atoms with E-state index in [0.29, 0.717) is 61.8 Å². The molecule has 5 N–H and O–H groups in total. The molecule has 0 spiro atoms. The van der Waals surface area contributed by atoms with Crippen molar-refractivity contribution in [3.05, 3.63) is 71.2 Å². The van der Waals surface area contributed by atoms with Crippen LogP contribution in [-0.2, 0) is 4.74 Å². The molecule has 1 saturated heterocycles. The summed E-state index contributed by atoms with van der Waals surface area (Å²) in [4.78, 5) is 36.6. The Morgan fingerprint density at radius 2 is 1.65 bits per heavy atom. The zero-order valence-electron chi connectivity index (χ0n) is 27.6. The number of nitrogen functional groups attached to an aromatic ring is 1. The van der Waals surface area contributed by atoms with Gasteiger partial charge in [0.1, 0.15) is 0 Å². The molecule has 3 aromatic rings. The number of benzene rings is 1. The van der Waals surface area contributed by atoms with Gasteiger partial charge in [-0.15, -0.1) is 0 Å². The van der Waals surface area contributed by atoms with Crippen LogP contribution in [0.5, 0.6) is 0 Å². The van der Waals surface area contributed by atoms with E-state index >= 15 is 0 Å². The molecular formula is C33H46N10O3. The summed E-state index contributed by atoms with van der Waals surface area (Å²) in [6.45, 7) is 13.0. The van der Waals surface area contributed by atoms with Gasteiger partial charge in [0, 0.05) is 63.4 Å². The van der Waals surface area contributed by atoms with Crippen molar-refractivity contribution in [2.45, 2.75) is 33.7 Å². The maximum Gasteiger partial charge on any atom is 0.277 e. The molecule has 13 nitrogen and oxygen atoms in total. The van der Waals surface area contributed by atoms with E-state index in [-0.39, 0.29) is 11.6 Å². The molecule has 13 heteroatoms. The van der Waals surface area contributed by atoms with Crippen LogP contribution in [0.3, 0.4) is 0 Å². The van der Waals surface area contributed by atoms with Crippen LogP contribution in [-0.4, -0.2) is 91.1 Å². The Labute approximate surface area is 271 Å². The minimum absolute atomic E-state index is 0.146. The van der Waals surface area contributed by atoms with Gasteiger partial charge >= 0.3 is 0 Å². The monoisotopic (exact) mass is 630 g/mol. The Hall–Kier alpha value is -4.59. The normalized spacial score (nSPS) is 13.5. The van der Waals surface area contributed by atoms with Gasteiger partial charge in [0.2, 0.25) is 5.95 Å². The van der Waals surface area contributed by atoms with Gasteiger partial charge in [-0.05, 0) is 59.0 Å². The van der Waals surface area contributed by atoms with Gasteiger partial charge in [0.15, 0.2) is 11.6 Å².